The summed E-state index contributed by atoms with van der Waals surface area (Å²) in [6, 6.07) is 0.207. The SMILES string of the molecule is CCC(C)(C)CC1OCC(C(C)(C)C)CC1N.CCO. The van der Waals surface area contributed by atoms with Gasteiger partial charge in [-0.3, -0.25) is 0 Å². The molecule has 0 amide bonds. The van der Waals surface area contributed by atoms with Gasteiger partial charge >= 0.3 is 0 Å². The van der Waals surface area contributed by atoms with Crippen LogP contribution in [-0.4, -0.2) is 30.5 Å². The summed E-state index contributed by atoms with van der Waals surface area (Å²) in [4.78, 5) is 0. The van der Waals surface area contributed by atoms with E-state index in [2.05, 4.69) is 41.5 Å². The zero-order valence-electron chi connectivity index (χ0n) is 14.7. The van der Waals surface area contributed by atoms with Gasteiger partial charge < -0.3 is 15.6 Å². The molecule has 3 atom stereocenters. The summed E-state index contributed by atoms with van der Waals surface area (Å²) in [5.41, 5.74) is 6.96. The summed E-state index contributed by atoms with van der Waals surface area (Å²) in [6.07, 6.45) is 3.63. The van der Waals surface area contributed by atoms with Crippen LogP contribution in [-0.2, 0) is 4.74 Å². The highest BCUT2D eigenvalue weighted by Gasteiger charge is 2.36. The highest BCUT2D eigenvalue weighted by Crippen LogP contribution is 2.37. The average molecular weight is 287 g/mol. The van der Waals surface area contributed by atoms with E-state index in [4.69, 9.17) is 15.6 Å². The molecule has 0 aromatic carbocycles. The van der Waals surface area contributed by atoms with Crippen molar-refractivity contribution in [1.29, 1.82) is 0 Å². The molecular weight excluding hydrogens is 250 g/mol. The van der Waals surface area contributed by atoms with Gasteiger partial charge in [-0.05, 0) is 36.5 Å². The quantitative estimate of drug-likeness (QED) is 0.834. The van der Waals surface area contributed by atoms with Crippen LogP contribution in [0.25, 0.3) is 0 Å². The van der Waals surface area contributed by atoms with Crippen molar-refractivity contribution >= 4 is 0 Å². The highest BCUT2D eigenvalue weighted by atomic mass is 16.5. The van der Waals surface area contributed by atoms with Gasteiger partial charge in [0.05, 0.1) is 12.7 Å². The molecule has 0 saturated carbocycles. The van der Waals surface area contributed by atoms with E-state index in [1.165, 1.54) is 6.42 Å². The molecule has 0 radical (unpaired) electrons. The molecule has 1 aliphatic rings. The van der Waals surface area contributed by atoms with Crippen LogP contribution in [0.15, 0.2) is 0 Å². The number of aliphatic hydroxyl groups excluding tert-OH is 1. The van der Waals surface area contributed by atoms with Gasteiger partial charge in [-0.15, -0.1) is 0 Å². The van der Waals surface area contributed by atoms with Crippen molar-refractivity contribution in [3.05, 3.63) is 0 Å². The molecule has 0 spiro atoms. The fraction of sp³-hybridized carbons (Fsp3) is 1.00. The molecule has 3 heteroatoms. The third kappa shape index (κ3) is 7.05. The summed E-state index contributed by atoms with van der Waals surface area (Å²) in [7, 11) is 0. The van der Waals surface area contributed by atoms with E-state index in [1.54, 1.807) is 6.92 Å². The first-order chi connectivity index (χ1) is 9.07. The zero-order chi connectivity index (χ0) is 16.0. The number of ether oxygens (including phenoxy) is 1. The third-order valence-corrected chi connectivity index (χ3v) is 4.48. The van der Waals surface area contributed by atoms with Gasteiger partial charge in [0.2, 0.25) is 0 Å². The lowest BCUT2D eigenvalue weighted by Crippen LogP contribution is -2.48. The molecule has 20 heavy (non-hydrogen) atoms. The van der Waals surface area contributed by atoms with Gasteiger partial charge in [0.1, 0.15) is 0 Å². The number of hydrogen-bond acceptors (Lipinski definition) is 3. The minimum Gasteiger partial charge on any atom is -0.397 e. The Kier molecular flexibility index (Phi) is 8.30. The zero-order valence-corrected chi connectivity index (χ0v) is 14.7. The van der Waals surface area contributed by atoms with E-state index < -0.39 is 0 Å². The van der Waals surface area contributed by atoms with Gasteiger partial charge in [0, 0.05) is 12.6 Å². The predicted octanol–water partition coefficient (Wildman–Crippen LogP) is 3.59. The molecule has 0 aromatic rings. The molecule has 122 valence electrons. The highest BCUT2D eigenvalue weighted by molar-refractivity contribution is 4.89. The van der Waals surface area contributed by atoms with Crippen LogP contribution >= 0.6 is 0 Å². The maximum Gasteiger partial charge on any atom is 0.0731 e. The molecule has 1 heterocycles. The van der Waals surface area contributed by atoms with Crippen LogP contribution in [0.3, 0.4) is 0 Å². The average Bonchev–Trinajstić information content (AvgIpc) is 2.31. The predicted molar refractivity (Wildman–Crippen MR) is 86.7 cm³/mol. The van der Waals surface area contributed by atoms with E-state index in [-0.39, 0.29) is 18.8 Å². The minimum absolute atomic E-state index is 0.207. The van der Waals surface area contributed by atoms with Gasteiger partial charge in [0.25, 0.3) is 0 Å². The van der Waals surface area contributed by atoms with E-state index in [1.807, 2.05) is 0 Å². The van der Waals surface area contributed by atoms with E-state index in [9.17, 15) is 0 Å². The van der Waals surface area contributed by atoms with E-state index in [0.29, 0.717) is 16.7 Å². The lowest BCUT2D eigenvalue weighted by atomic mass is 9.73. The second-order valence-electron chi connectivity index (χ2n) is 7.87. The smallest absolute Gasteiger partial charge is 0.0731 e. The van der Waals surface area contributed by atoms with Crippen molar-refractivity contribution in [2.75, 3.05) is 13.2 Å². The van der Waals surface area contributed by atoms with Crippen molar-refractivity contribution in [3.8, 4) is 0 Å². The Balaban J connectivity index is 0.00000110. The second-order valence-corrected chi connectivity index (χ2v) is 7.87. The third-order valence-electron chi connectivity index (χ3n) is 4.48. The first kappa shape index (κ1) is 19.9. The molecular formula is C17H37NO2. The van der Waals surface area contributed by atoms with Crippen LogP contribution in [0, 0.1) is 16.7 Å². The Labute approximate surface area is 126 Å². The Morgan fingerprint density at radius 1 is 1.15 bits per heavy atom. The van der Waals surface area contributed by atoms with E-state index in [0.717, 1.165) is 19.4 Å². The van der Waals surface area contributed by atoms with Crippen LogP contribution in [0.2, 0.25) is 0 Å². The molecule has 0 aliphatic carbocycles. The van der Waals surface area contributed by atoms with Crippen molar-refractivity contribution in [3.63, 3.8) is 0 Å². The molecule has 3 N–H and O–H groups in total. The molecule has 1 rings (SSSR count). The maximum atomic E-state index is 7.57. The summed E-state index contributed by atoms with van der Waals surface area (Å²) in [5, 5.41) is 7.57. The molecule has 0 bridgehead atoms. The Bertz CT molecular complexity index is 258. The van der Waals surface area contributed by atoms with Crippen LogP contribution in [0.4, 0.5) is 0 Å². The van der Waals surface area contributed by atoms with E-state index >= 15 is 0 Å². The summed E-state index contributed by atoms with van der Waals surface area (Å²) >= 11 is 0. The number of nitrogens with two attached hydrogens (primary N) is 1. The lowest BCUT2D eigenvalue weighted by Gasteiger charge is -2.42. The van der Waals surface area contributed by atoms with Crippen LogP contribution < -0.4 is 5.73 Å². The van der Waals surface area contributed by atoms with Crippen molar-refractivity contribution < 1.29 is 9.84 Å². The summed E-state index contributed by atoms with van der Waals surface area (Å²) in [5.74, 6) is 0.596. The topological polar surface area (TPSA) is 55.5 Å². The largest absolute Gasteiger partial charge is 0.397 e. The molecule has 1 aliphatic heterocycles. The van der Waals surface area contributed by atoms with Crippen molar-refractivity contribution in [2.24, 2.45) is 22.5 Å². The fourth-order valence-electron chi connectivity index (χ4n) is 2.41. The summed E-state index contributed by atoms with van der Waals surface area (Å²) in [6.45, 7) is 16.5. The standard InChI is InChI=1S/C15H31NO.C2H6O/c1-7-15(5,6)9-13-12(16)8-11(10-17-13)14(2,3)4;1-2-3/h11-13H,7-10,16H2,1-6H3;3H,2H2,1H3. The number of hydrogen-bond donors (Lipinski definition) is 2. The second kappa shape index (κ2) is 8.35. The fourth-order valence-corrected chi connectivity index (χ4v) is 2.41. The first-order valence-electron chi connectivity index (χ1n) is 8.05. The molecule has 1 fully saturated rings. The Hall–Kier alpha value is -0.120. The normalized spacial score (nSPS) is 27.8. The lowest BCUT2D eigenvalue weighted by molar-refractivity contribution is -0.0738. The van der Waals surface area contributed by atoms with Crippen molar-refractivity contribution in [1.82, 2.24) is 0 Å². The van der Waals surface area contributed by atoms with Crippen LogP contribution in [0.1, 0.15) is 67.7 Å². The van der Waals surface area contributed by atoms with Crippen LogP contribution in [0.5, 0.6) is 0 Å². The molecule has 1 saturated heterocycles. The maximum absolute atomic E-state index is 7.57. The first-order valence-corrected chi connectivity index (χ1v) is 8.05. The summed E-state index contributed by atoms with van der Waals surface area (Å²) < 4.78 is 6.04. The van der Waals surface area contributed by atoms with Gasteiger partial charge in [0.15, 0.2) is 0 Å². The molecule has 0 aromatic heterocycles. The number of aliphatic hydroxyl groups is 1. The Morgan fingerprint density at radius 3 is 2.00 bits per heavy atom. The van der Waals surface area contributed by atoms with Gasteiger partial charge in [-0.2, -0.15) is 0 Å². The van der Waals surface area contributed by atoms with Crippen molar-refractivity contribution in [2.45, 2.75) is 79.9 Å². The Morgan fingerprint density at radius 2 is 1.65 bits per heavy atom. The molecule has 3 unspecified atom stereocenters. The number of rotatable bonds is 3. The molecule has 3 nitrogen and oxygen atoms in total. The van der Waals surface area contributed by atoms with Gasteiger partial charge in [-0.1, -0.05) is 48.0 Å². The minimum atomic E-state index is 0.207. The van der Waals surface area contributed by atoms with Gasteiger partial charge in [-0.25, -0.2) is 0 Å². The monoisotopic (exact) mass is 287 g/mol.